The molecule has 0 unspecified atom stereocenters. The molecule has 7 heteroatoms. The summed E-state index contributed by atoms with van der Waals surface area (Å²) in [6.07, 6.45) is 0. The maximum atomic E-state index is 12.6. The molecule has 0 saturated carbocycles. The predicted octanol–water partition coefficient (Wildman–Crippen LogP) is 2.53. The number of hydrogen-bond donors (Lipinski definition) is 2. The van der Waals surface area contributed by atoms with Gasteiger partial charge in [-0.1, -0.05) is 37.3 Å². The van der Waals surface area contributed by atoms with Crippen molar-refractivity contribution in [3.8, 4) is 5.75 Å². The maximum Gasteiger partial charge on any atom is 0.255 e. The molecule has 2 aromatic carbocycles. The van der Waals surface area contributed by atoms with Crippen molar-refractivity contribution in [2.24, 2.45) is 0 Å². The molecule has 0 radical (unpaired) electrons. The van der Waals surface area contributed by atoms with Gasteiger partial charge in [0.15, 0.2) is 0 Å². The normalized spacial score (nSPS) is 12.4. The summed E-state index contributed by atoms with van der Waals surface area (Å²) < 4.78 is 33.0. The molecule has 0 aliphatic carbocycles. The van der Waals surface area contributed by atoms with Gasteiger partial charge in [-0.2, -0.15) is 0 Å². The Labute approximate surface area is 154 Å². The summed E-state index contributed by atoms with van der Waals surface area (Å²) >= 11 is 0. The largest absolute Gasteiger partial charge is 0.496 e. The second-order valence-corrected chi connectivity index (χ2v) is 7.65. The molecule has 2 N–H and O–H groups in total. The van der Waals surface area contributed by atoms with Crippen LogP contribution in [-0.4, -0.2) is 34.5 Å². The van der Waals surface area contributed by atoms with E-state index in [1.165, 1.54) is 25.3 Å². The Hall–Kier alpha value is -2.38. The molecular weight excluding hydrogens is 352 g/mol. The molecule has 1 amide bonds. The lowest BCUT2D eigenvalue weighted by atomic mass is 10.0. The van der Waals surface area contributed by atoms with Gasteiger partial charge in [0.2, 0.25) is 10.0 Å². The molecule has 26 heavy (non-hydrogen) atoms. The molecule has 140 valence electrons. The Morgan fingerprint density at radius 3 is 2.46 bits per heavy atom. The average molecular weight is 376 g/mol. The van der Waals surface area contributed by atoms with Gasteiger partial charge in [-0.3, -0.25) is 4.79 Å². The monoisotopic (exact) mass is 376 g/mol. The van der Waals surface area contributed by atoms with Gasteiger partial charge in [0, 0.05) is 13.1 Å². The Balaban J connectivity index is 2.20. The zero-order chi connectivity index (χ0) is 19.2. The first-order valence-corrected chi connectivity index (χ1v) is 9.88. The zero-order valence-corrected chi connectivity index (χ0v) is 16.0. The van der Waals surface area contributed by atoms with Crippen molar-refractivity contribution in [1.29, 1.82) is 0 Å². The van der Waals surface area contributed by atoms with Crippen LogP contribution in [0.3, 0.4) is 0 Å². The summed E-state index contributed by atoms with van der Waals surface area (Å²) in [5.74, 6) is -0.0290. The highest BCUT2D eigenvalue weighted by molar-refractivity contribution is 7.89. The van der Waals surface area contributed by atoms with E-state index in [4.69, 9.17) is 4.74 Å². The van der Waals surface area contributed by atoms with Gasteiger partial charge >= 0.3 is 0 Å². The molecule has 0 saturated heterocycles. The molecule has 2 rings (SSSR count). The van der Waals surface area contributed by atoms with E-state index in [2.05, 4.69) is 10.0 Å². The number of hydrogen-bond acceptors (Lipinski definition) is 4. The summed E-state index contributed by atoms with van der Waals surface area (Å²) in [6.45, 7) is 4.43. The van der Waals surface area contributed by atoms with Crippen LogP contribution >= 0.6 is 0 Å². The first kappa shape index (κ1) is 19.9. The fourth-order valence-electron chi connectivity index (χ4n) is 2.50. The third-order valence-electron chi connectivity index (χ3n) is 4.01. The van der Waals surface area contributed by atoms with Gasteiger partial charge in [0.05, 0.1) is 17.6 Å². The highest BCUT2D eigenvalue weighted by atomic mass is 32.2. The van der Waals surface area contributed by atoms with Crippen LogP contribution in [0.2, 0.25) is 0 Å². The van der Waals surface area contributed by atoms with Crippen LogP contribution in [-0.2, 0) is 10.0 Å². The fourth-order valence-corrected chi connectivity index (χ4v) is 3.66. The van der Waals surface area contributed by atoms with Gasteiger partial charge in [-0.25, -0.2) is 13.1 Å². The summed E-state index contributed by atoms with van der Waals surface area (Å²) in [5, 5.41) is 2.65. The van der Waals surface area contributed by atoms with Crippen molar-refractivity contribution in [2.75, 3.05) is 20.2 Å². The van der Waals surface area contributed by atoms with Crippen LogP contribution < -0.4 is 14.8 Å². The average Bonchev–Trinajstić information content (AvgIpc) is 2.66. The molecule has 0 bridgehead atoms. The first-order chi connectivity index (χ1) is 12.4. The standard InChI is InChI=1S/C19H24N2O4S/c1-4-20-19(22)17-12-16(10-11-18(17)25-3)26(23,24)21-13-14(2)15-8-6-5-7-9-15/h5-12,14,21H,4,13H2,1-3H3,(H,20,22)/t14-/m0/s1. The van der Waals surface area contributed by atoms with E-state index in [-0.39, 0.29) is 28.8 Å². The van der Waals surface area contributed by atoms with Crippen LogP contribution in [0.4, 0.5) is 0 Å². The minimum Gasteiger partial charge on any atom is -0.496 e. The third kappa shape index (κ3) is 4.83. The number of rotatable bonds is 8. The van der Waals surface area contributed by atoms with Gasteiger partial charge < -0.3 is 10.1 Å². The number of carbonyl (C=O) groups is 1. The molecule has 1 atom stereocenters. The second kappa shape index (κ2) is 8.82. The quantitative estimate of drug-likeness (QED) is 0.741. The predicted molar refractivity (Wildman–Crippen MR) is 101 cm³/mol. The van der Waals surface area contributed by atoms with E-state index in [9.17, 15) is 13.2 Å². The van der Waals surface area contributed by atoms with Gasteiger partial charge in [-0.15, -0.1) is 0 Å². The molecule has 0 aromatic heterocycles. The van der Waals surface area contributed by atoms with Crippen molar-refractivity contribution >= 4 is 15.9 Å². The highest BCUT2D eigenvalue weighted by Gasteiger charge is 2.20. The second-order valence-electron chi connectivity index (χ2n) is 5.89. The Kier molecular flexibility index (Phi) is 6.76. The molecule has 0 fully saturated rings. The van der Waals surface area contributed by atoms with Crippen LogP contribution in [0, 0.1) is 0 Å². The number of ether oxygens (including phenoxy) is 1. The Bertz CT molecular complexity index is 851. The number of carbonyl (C=O) groups excluding carboxylic acids is 1. The summed E-state index contributed by atoms with van der Waals surface area (Å²) in [6, 6.07) is 13.9. The van der Waals surface area contributed by atoms with Crippen molar-refractivity contribution in [1.82, 2.24) is 10.0 Å². The topological polar surface area (TPSA) is 84.5 Å². The van der Waals surface area contributed by atoms with Crippen molar-refractivity contribution in [3.63, 3.8) is 0 Å². The Morgan fingerprint density at radius 2 is 1.85 bits per heavy atom. The molecule has 0 aliphatic rings. The van der Waals surface area contributed by atoms with E-state index >= 15 is 0 Å². The van der Waals surface area contributed by atoms with Crippen molar-refractivity contribution in [2.45, 2.75) is 24.7 Å². The number of methoxy groups -OCH3 is 1. The number of nitrogens with one attached hydrogen (secondary N) is 2. The van der Waals surface area contributed by atoms with Crippen molar-refractivity contribution in [3.05, 3.63) is 59.7 Å². The lowest BCUT2D eigenvalue weighted by Crippen LogP contribution is -2.28. The number of sulfonamides is 1. The lowest BCUT2D eigenvalue weighted by molar-refractivity contribution is 0.0952. The van der Waals surface area contributed by atoms with Crippen LogP contribution in [0.5, 0.6) is 5.75 Å². The van der Waals surface area contributed by atoms with E-state index in [0.717, 1.165) is 5.56 Å². The third-order valence-corrected chi connectivity index (χ3v) is 5.43. The molecule has 2 aromatic rings. The molecule has 0 spiro atoms. The van der Waals surface area contributed by atoms with E-state index in [1.54, 1.807) is 6.92 Å². The maximum absolute atomic E-state index is 12.6. The minimum absolute atomic E-state index is 0.0204. The molecule has 0 heterocycles. The van der Waals surface area contributed by atoms with E-state index < -0.39 is 10.0 Å². The lowest BCUT2D eigenvalue weighted by Gasteiger charge is -2.15. The SMILES string of the molecule is CCNC(=O)c1cc(S(=O)(=O)NC[C@H](C)c2ccccc2)ccc1OC. The van der Waals surface area contributed by atoms with Crippen LogP contribution in [0.25, 0.3) is 0 Å². The summed E-state index contributed by atoms with van der Waals surface area (Å²) in [4.78, 5) is 12.2. The van der Waals surface area contributed by atoms with Gasteiger partial charge in [-0.05, 0) is 36.6 Å². The smallest absolute Gasteiger partial charge is 0.255 e. The van der Waals surface area contributed by atoms with Crippen molar-refractivity contribution < 1.29 is 17.9 Å². The fraction of sp³-hybridized carbons (Fsp3) is 0.316. The van der Waals surface area contributed by atoms with Gasteiger partial charge in [0.25, 0.3) is 5.91 Å². The first-order valence-electron chi connectivity index (χ1n) is 8.40. The molecule has 6 nitrogen and oxygen atoms in total. The summed E-state index contributed by atoms with van der Waals surface area (Å²) in [5.41, 5.74) is 1.24. The zero-order valence-electron chi connectivity index (χ0n) is 15.2. The van der Waals surface area contributed by atoms with E-state index in [0.29, 0.717) is 12.3 Å². The van der Waals surface area contributed by atoms with Gasteiger partial charge in [0.1, 0.15) is 5.75 Å². The van der Waals surface area contributed by atoms with E-state index in [1.807, 2.05) is 37.3 Å². The number of benzene rings is 2. The highest BCUT2D eigenvalue weighted by Crippen LogP contribution is 2.23. The summed E-state index contributed by atoms with van der Waals surface area (Å²) in [7, 11) is -2.31. The minimum atomic E-state index is -3.74. The molecular formula is C19H24N2O4S. The van der Waals surface area contributed by atoms with Crippen LogP contribution in [0.1, 0.15) is 35.7 Å². The van der Waals surface area contributed by atoms with Crippen LogP contribution in [0.15, 0.2) is 53.4 Å². The Morgan fingerprint density at radius 1 is 1.15 bits per heavy atom. The number of amides is 1. The molecule has 0 aliphatic heterocycles.